The van der Waals surface area contributed by atoms with E-state index in [0.29, 0.717) is 24.0 Å². The lowest BCUT2D eigenvalue weighted by Gasteiger charge is -2.33. The predicted octanol–water partition coefficient (Wildman–Crippen LogP) is 4.05. The second kappa shape index (κ2) is 10.9. The van der Waals surface area contributed by atoms with Gasteiger partial charge in [0.25, 0.3) is 0 Å². The number of benzene rings is 1. The van der Waals surface area contributed by atoms with E-state index in [-0.39, 0.29) is 36.1 Å². The number of hydrogen-bond donors (Lipinski definition) is 3. The van der Waals surface area contributed by atoms with Gasteiger partial charge >= 0.3 is 0 Å². The first-order valence-electron chi connectivity index (χ1n) is 10.6. The molecule has 0 aliphatic carbocycles. The Balaban J connectivity index is 0.00000306. The predicted molar refractivity (Wildman–Crippen MR) is 129 cm³/mol. The molecule has 0 bridgehead atoms. The van der Waals surface area contributed by atoms with Crippen molar-refractivity contribution in [2.75, 3.05) is 28.6 Å². The summed E-state index contributed by atoms with van der Waals surface area (Å²) in [5.74, 6) is 1.09. The zero-order chi connectivity index (χ0) is 22.5. The molecule has 0 saturated carbocycles. The van der Waals surface area contributed by atoms with Crippen LogP contribution in [0.25, 0.3) is 0 Å². The Labute approximate surface area is 198 Å². The number of hydrogen-bond acceptors (Lipinski definition) is 7. The van der Waals surface area contributed by atoms with Crippen molar-refractivity contribution >= 4 is 41.5 Å². The molecule has 3 heterocycles. The minimum atomic E-state index is -0.273. The van der Waals surface area contributed by atoms with Gasteiger partial charge in [0.2, 0.25) is 5.91 Å². The summed E-state index contributed by atoms with van der Waals surface area (Å²) in [5, 5.41) is 6.58. The molecule has 10 heteroatoms. The lowest BCUT2D eigenvalue weighted by Crippen LogP contribution is -2.41. The summed E-state index contributed by atoms with van der Waals surface area (Å²) in [4.78, 5) is 26.9. The molecule has 0 spiro atoms. The third kappa shape index (κ3) is 6.29. The number of anilines is 4. The van der Waals surface area contributed by atoms with Crippen LogP contribution in [0.15, 0.2) is 55.0 Å². The fraction of sp³-hybridized carbons (Fsp3) is 0.304. The number of amides is 1. The van der Waals surface area contributed by atoms with Crippen LogP contribution in [0.1, 0.15) is 31.4 Å². The number of carbonyl (C=O) groups is 1. The third-order valence-corrected chi connectivity index (χ3v) is 5.55. The molecule has 1 amide bonds. The van der Waals surface area contributed by atoms with Crippen LogP contribution in [-0.2, 0) is 4.79 Å². The molecular weight excluding hydrogens is 445 g/mol. The van der Waals surface area contributed by atoms with Crippen molar-refractivity contribution in [1.82, 2.24) is 15.0 Å². The zero-order valence-corrected chi connectivity index (χ0v) is 19.1. The average Bonchev–Trinajstić information content (AvgIpc) is 2.80. The molecule has 1 aliphatic heterocycles. The van der Waals surface area contributed by atoms with E-state index in [1.54, 1.807) is 30.7 Å². The SMILES string of the molecule is C[C@H](Nc1cc(N2CCCC(C(N)=O)C2)cc(Nc2cnccn2)n1)c1ccc(F)cc1.Cl. The van der Waals surface area contributed by atoms with Crippen LogP contribution in [0, 0.1) is 11.7 Å². The Morgan fingerprint density at radius 2 is 1.94 bits per heavy atom. The molecule has 4 N–H and O–H groups in total. The summed E-state index contributed by atoms with van der Waals surface area (Å²) < 4.78 is 13.3. The Hall–Kier alpha value is -3.46. The van der Waals surface area contributed by atoms with E-state index < -0.39 is 0 Å². The highest BCUT2D eigenvalue weighted by atomic mass is 35.5. The molecular formula is C23H27ClFN7O. The summed E-state index contributed by atoms with van der Waals surface area (Å²) in [6.07, 6.45) is 6.51. The average molecular weight is 472 g/mol. The van der Waals surface area contributed by atoms with Crippen molar-refractivity contribution in [1.29, 1.82) is 0 Å². The summed E-state index contributed by atoms with van der Waals surface area (Å²) in [7, 11) is 0. The Morgan fingerprint density at radius 3 is 2.64 bits per heavy atom. The van der Waals surface area contributed by atoms with Gasteiger partial charge in [-0.2, -0.15) is 0 Å². The van der Waals surface area contributed by atoms with Gasteiger partial charge in [-0.15, -0.1) is 12.4 Å². The van der Waals surface area contributed by atoms with Gasteiger partial charge in [0, 0.05) is 49.3 Å². The van der Waals surface area contributed by atoms with Crippen LogP contribution in [0.5, 0.6) is 0 Å². The second-order valence-corrected chi connectivity index (χ2v) is 7.92. The molecule has 1 fully saturated rings. The topological polar surface area (TPSA) is 109 Å². The Bertz CT molecular complexity index is 1070. The van der Waals surface area contributed by atoms with Crippen LogP contribution in [0.2, 0.25) is 0 Å². The van der Waals surface area contributed by atoms with Crippen molar-refractivity contribution < 1.29 is 9.18 Å². The maximum absolute atomic E-state index is 13.3. The lowest BCUT2D eigenvalue weighted by atomic mass is 9.97. The maximum atomic E-state index is 13.3. The molecule has 1 aromatic carbocycles. The van der Waals surface area contributed by atoms with Crippen LogP contribution in [0.3, 0.4) is 0 Å². The van der Waals surface area contributed by atoms with Crippen molar-refractivity contribution in [3.63, 3.8) is 0 Å². The molecule has 8 nitrogen and oxygen atoms in total. The summed E-state index contributed by atoms with van der Waals surface area (Å²) in [5.41, 5.74) is 7.43. The van der Waals surface area contributed by atoms with Crippen molar-refractivity contribution in [3.05, 3.63) is 66.4 Å². The lowest BCUT2D eigenvalue weighted by molar-refractivity contribution is -0.122. The molecule has 2 atom stereocenters. The first kappa shape index (κ1) is 24.2. The number of nitrogens with two attached hydrogens (primary N) is 1. The summed E-state index contributed by atoms with van der Waals surface area (Å²) in [6, 6.07) is 10.2. The number of rotatable bonds is 7. The van der Waals surface area contributed by atoms with E-state index in [2.05, 4.69) is 30.5 Å². The highest BCUT2D eigenvalue weighted by Gasteiger charge is 2.25. The van der Waals surface area contributed by atoms with Crippen LogP contribution >= 0.6 is 12.4 Å². The fourth-order valence-electron chi connectivity index (χ4n) is 3.83. The van der Waals surface area contributed by atoms with E-state index >= 15 is 0 Å². The van der Waals surface area contributed by atoms with Gasteiger partial charge in [0.1, 0.15) is 23.3 Å². The Morgan fingerprint density at radius 1 is 1.18 bits per heavy atom. The molecule has 3 aromatic rings. The largest absolute Gasteiger partial charge is 0.371 e. The quantitative estimate of drug-likeness (QED) is 0.477. The number of nitrogens with zero attached hydrogens (tertiary/aromatic N) is 4. The first-order chi connectivity index (χ1) is 15.5. The minimum Gasteiger partial charge on any atom is -0.371 e. The minimum absolute atomic E-state index is 0. The first-order valence-corrected chi connectivity index (χ1v) is 10.6. The van der Waals surface area contributed by atoms with E-state index in [9.17, 15) is 9.18 Å². The highest BCUT2D eigenvalue weighted by molar-refractivity contribution is 5.85. The summed E-state index contributed by atoms with van der Waals surface area (Å²) in [6.45, 7) is 3.38. The molecule has 0 radical (unpaired) electrons. The number of piperidine rings is 1. The number of aromatic nitrogens is 3. The summed E-state index contributed by atoms with van der Waals surface area (Å²) >= 11 is 0. The molecule has 4 rings (SSSR count). The zero-order valence-electron chi connectivity index (χ0n) is 18.2. The van der Waals surface area contributed by atoms with Crippen LogP contribution in [0.4, 0.5) is 27.5 Å². The van der Waals surface area contributed by atoms with E-state index in [1.165, 1.54) is 12.1 Å². The van der Waals surface area contributed by atoms with Crippen molar-refractivity contribution in [3.8, 4) is 0 Å². The number of nitrogens with one attached hydrogen (secondary N) is 2. The molecule has 1 unspecified atom stereocenters. The second-order valence-electron chi connectivity index (χ2n) is 7.92. The normalized spacial score (nSPS) is 16.4. The third-order valence-electron chi connectivity index (χ3n) is 5.55. The molecule has 174 valence electrons. The van der Waals surface area contributed by atoms with E-state index in [1.807, 2.05) is 19.1 Å². The molecule has 2 aromatic heterocycles. The van der Waals surface area contributed by atoms with Gasteiger partial charge in [0.15, 0.2) is 0 Å². The van der Waals surface area contributed by atoms with Gasteiger partial charge < -0.3 is 21.3 Å². The highest BCUT2D eigenvalue weighted by Crippen LogP contribution is 2.29. The maximum Gasteiger partial charge on any atom is 0.222 e. The molecule has 1 aliphatic rings. The molecule has 33 heavy (non-hydrogen) atoms. The standard InChI is InChI=1S/C23H26FN7O.ClH/c1-15(16-4-6-18(24)7-5-16)28-20-11-19(31-10-2-3-17(14-31)23(25)32)12-21(29-20)30-22-13-26-8-9-27-22;/h4-9,11-13,15,17H,2-3,10,14H2,1H3,(H2,25,32)(H2,27,28,29,30);1H/t15-,17?;/m0./s1. The monoisotopic (exact) mass is 471 g/mol. The van der Waals surface area contributed by atoms with Gasteiger partial charge in [0.05, 0.1) is 12.1 Å². The van der Waals surface area contributed by atoms with Crippen LogP contribution in [-0.4, -0.2) is 33.9 Å². The molecule has 1 saturated heterocycles. The van der Waals surface area contributed by atoms with E-state index in [4.69, 9.17) is 5.73 Å². The van der Waals surface area contributed by atoms with Crippen LogP contribution < -0.4 is 21.3 Å². The number of pyridine rings is 1. The van der Waals surface area contributed by atoms with Gasteiger partial charge in [-0.05, 0) is 37.5 Å². The smallest absolute Gasteiger partial charge is 0.222 e. The van der Waals surface area contributed by atoms with E-state index in [0.717, 1.165) is 30.6 Å². The fourth-order valence-corrected chi connectivity index (χ4v) is 3.83. The van der Waals surface area contributed by atoms with Crippen molar-refractivity contribution in [2.45, 2.75) is 25.8 Å². The Kier molecular flexibility index (Phi) is 8.00. The van der Waals surface area contributed by atoms with Gasteiger partial charge in [-0.3, -0.25) is 9.78 Å². The van der Waals surface area contributed by atoms with Gasteiger partial charge in [-0.1, -0.05) is 12.1 Å². The van der Waals surface area contributed by atoms with Gasteiger partial charge in [-0.25, -0.2) is 14.4 Å². The van der Waals surface area contributed by atoms with Crippen molar-refractivity contribution in [2.24, 2.45) is 11.7 Å². The number of primary amides is 1. The number of carbonyl (C=O) groups excluding carboxylic acids is 1. The number of halogens is 2.